The van der Waals surface area contributed by atoms with Crippen LogP contribution in [0.4, 0.5) is 5.69 Å². The second kappa shape index (κ2) is 7.58. The quantitative estimate of drug-likeness (QED) is 0.571. The first-order chi connectivity index (χ1) is 9.04. The first-order valence-electron chi connectivity index (χ1n) is 5.81. The number of aromatic nitrogens is 1. The van der Waals surface area contributed by atoms with Crippen LogP contribution in [-0.2, 0) is 4.74 Å². The Morgan fingerprint density at radius 2 is 2.11 bits per heavy atom. The Hall–Kier alpha value is -0.970. The van der Waals surface area contributed by atoms with Gasteiger partial charge in [0.05, 0.1) is 19.4 Å². The van der Waals surface area contributed by atoms with Crippen LogP contribution in [0.25, 0.3) is 0 Å². The van der Waals surface area contributed by atoms with Gasteiger partial charge in [0.2, 0.25) is 0 Å². The first kappa shape index (κ1) is 16.1. The zero-order valence-corrected chi connectivity index (χ0v) is 12.8. The van der Waals surface area contributed by atoms with Crippen LogP contribution in [0.2, 0.25) is 10.3 Å². The molecule has 0 N–H and O–H groups in total. The Balaban J connectivity index is 3.17. The largest absolute Gasteiger partial charge is 0.493 e. The van der Waals surface area contributed by atoms with Crippen LogP contribution in [0.15, 0.2) is 18.7 Å². The lowest BCUT2D eigenvalue weighted by molar-refractivity contribution is 0.182. The number of anilines is 1. The normalized spacial score (nSPS) is 12.1. The number of hydrogen-bond donors (Lipinski definition) is 0. The molecule has 0 unspecified atom stereocenters. The number of pyridine rings is 1. The number of nitrogens with zero attached hydrogens (tertiary/aromatic N) is 2. The molecule has 19 heavy (non-hydrogen) atoms. The van der Waals surface area contributed by atoms with Crippen LogP contribution in [0.3, 0.4) is 0 Å². The predicted octanol–water partition coefficient (Wildman–Crippen LogP) is 3.42. The molecule has 0 amide bonds. The van der Waals surface area contributed by atoms with E-state index in [9.17, 15) is 0 Å². The van der Waals surface area contributed by atoms with E-state index in [-0.39, 0.29) is 11.2 Å². The maximum Gasteiger partial charge on any atom is 0.172 e. The zero-order chi connectivity index (χ0) is 14.4. The predicted molar refractivity (Wildman–Crippen MR) is 79.7 cm³/mol. The summed E-state index contributed by atoms with van der Waals surface area (Å²) in [6, 6.07) is 1.89. The smallest absolute Gasteiger partial charge is 0.172 e. The number of methoxy groups -OCH3 is 2. The summed E-state index contributed by atoms with van der Waals surface area (Å²) in [5.41, 5.74) is 0.743. The summed E-state index contributed by atoms with van der Waals surface area (Å²) in [4.78, 5) is 6.11. The topological polar surface area (TPSA) is 34.6 Å². The van der Waals surface area contributed by atoms with E-state index < -0.39 is 0 Å². The summed E-state index contributed by atoms with van der Waals surface area (Å²) in [6.45, 7) is 6.97. The van der Waals surface area contributed by atoms with Gasteiger partial charge in [0.15, 0.2) is 16.1 Å². The van der Waals surface area contributed by atoms with Crippen molar-refractivity contribution in [1.29, 1.82) is 0 Å². The second-order valence-corrected chi connectivity index (χ2v) is 4.75. The van der Waals surface area contributed by atoms with E-state index in [1.807, 2.05) is 11.8 Å². The van der Waals surface area contributed by atoms with Crippen molar-refractivity contribution >= 4 is 28.9 Å². The number of hydrogen-bond acceptors (Lipinski definition) is 4. The molecular weight excluding hydrogens is 287 g/mol. The van der Waals surface area contributed by atoms with Crippen molar-refractivity contribution in [3.05, 3.63) is 29.0 Å². The van der Waals surface area contributed by atoms with Crippen molar-refractivity contribution in [3.63, 3.8) is 0 Å². The van der Waals surface area contributed by atoms with Gasteiger partial charge in [0.25, 0.3) is 0 Å². The van der Waals surface area contributed by atoms with E-state index >= 15 is 0 Å². The van der Waals surface area contributed by atoms with Gasteiger partial charge in [-0.3, -0.25) is 0 Å². The Bertz CT molecular complexity index is 441. The summed E-state index contributed by atoms with van der Waals surface area (Å²) < 4.78 is 10.3. The monoisotopic (exact) mass is 304 g/mol. The minimum Gasteiger partial charge on any atom is -0.493 e. The second-order valence-electron chi connectivity index (χ2n) is 4.04. The van der Waals surface area contributed by atoms with Crippen molar-refractivity contribution < 1.29 is 9.47 Å². The minimum atomic E-state index is 0.119. The van der Waals surface area contributed by atoms with Gasteiger partial charge in [0, 0.05) is 25.8 Å². The Morgan fingerprint density at radius 1 is 1.42 bits per heavy atom. The van der Waals surface area contributed by atoms with E-state index in [1.165, 1.54) is 7.11 Å². The fourth-order valence-electron chi connectivity index (χ4n) is 1.77. The molecule has 0 aliphatic carbocycles. The summed E-state index contributed by atoms with van der Waals surface area (Å²) in [6.07, 6.45) is 1.80. The summed E-state index contributed by atoms with van der Waals surface area (Å²) >= 11 is 12.1. The molecule has 1 aromatic rings. The molecule has 4 nitrogen and oxygen atoms in total. The van der Waals surface area contributed by atoms with Gasteiger partial charge < -0.3 is 14.4 Å². The molecule has 0 aromatic carbocycles. The minimum absolute atomic E-state index is 0.119. The van der Waals surface area contributed by atoms with Crippen molar-refractivity contribution in [2.24, 2.45) is 0 Å². The van der Waals surface area contributed by atoms with Crippen molar-refractivity contribution in [2.45, 2.75) is 13.0 Å². The van der Waals surface area contributed by atoms with Crippen LogP contribution in [0.1, 0.15) is 6.92 Å². The molecule has 0 radical (unpaired) electrons. The molecule has 1 rings (SSSR count). The summed E-state index contributed by atoms with van der Waals surface area (Å²) in [5.74, 6) is 0.486. The van der Waals surface area contributed by atoms with Gasteiger partial charge in [-0.2, -0.15) is 0 Å². The van der Waals surface area contributed by atoms with E-state index in [0.29, 0.717) is 24.1 Å². The van der Waals surface area contributed by atoms with Gasteiger partial charge in [0.1, 0.15) is 0 Å². The number of halogens is 2. The molecule has 1 aromatic heterocycles. The molecule has 0 spiro atoms. The van der Waals surface area contributed by atoms with Crippen LogP contribution in [0, 0.1) is 0 Å². The highest BCUT2D eigenvalue weighted by molar-refractivity contribution is 6.35. The highest BCUT2D eigenvalue weighted by atomic mass is 35.5. The van der Waals surface area contributed by atoms with E-state index in [2.05, 4.69) is 11.6 Å². The van der Waals surface area contributed by atoms with Gasteiger partial charge in [-0.15, -0.1) is 6.58 Å². The van der Waals surface area contributed by atoms with Crippen LogP contribution >= 0.6 is 23.2 Å². The summed E-state index contributed by atoms with van der Waals surface area (Å²) in [5, 5.41) is 0.574. The third-order valence-corrected chi connectivity index (χ3v) is 3.22. The SMILES string of the molecule is C=CCN(c1cc(OC)c(Cl)nc1Cl)[C@@H](C)COC. The Labute approximate surface area is 123 Å². The fraction of sp³-hybridized carbons (Fsp3) is 0.462. The highest BCUT2D eigenvalue weighted by Crippen LogP contribution is 2.34. The molecule has 0 fully saturated rings. The summed E-state index contributed by atoms with van der Waals surface area (Å²) in [7, 11) is 3.20. The van der Waals surface area contributed by atoms with Crippen molar-refractivity contribution in [1.82, 2.24) is 4.98 Å². The number of ether oxygens (including phenoxy) is 2. The maximum atomic E-state index is 6.17. The molecule has 0 aliphatic rings. The lowest BCUT2D eigenvalue weighted by Crippen LogP contribution is -2.36. The molecular formula is C13H18Cl2N2O2. The van der Waals surface area contributed by atoms with E-state index in [4.69, 9.17) is 32.7 Å². The average molecular weight is 305 g/mol. The van der Waals surface area contributed by atoms with Crippen LogP contribution < -0.4 is 9.64 Å². The lowest BCUT2D eigenvalue weighted by atomic mass is 10.2. The lowest BCUT2D eigenvalue weighted by Gasteiger charge is -2.30. The van der Waals surface area contributed by atoms with Gasteiger partial charge >= 0.3 is 0 Å². The van der Waals surface area contributed by atoms with Gasteiger partial charge in [-0.25, -0.2) is 4.98 Å². The highest BCUT2D eigenvalue weighted by Gasteiger charge is 2.19. The van der Waals surface area contributed by atoms with Crippen LogP contribution in [0.5, 0.6) is 5.75 Å². The molecule has 1 atom stereocenters. The fourth-order valence-corrected chi connectivity index (χ4v) is 2.28. The molecule has 1 heterocycles. The van der Waals surface area contributed by atoms with Crippen LogP contribution in [-0.4, -0.2) is 38.4 Å². The van der Waals surface area contributed by atoms with Crippen molar-refractivity contribution in [2.75, 3.05) is 32.3 Å². The molecule has 0 bridgehead atoms. The third-order valence-electron chi connectivity index (χ3n) is 2.67. The standard InChI is InChI=1S/C13H18Cl2N2O2/c1-5-6-17(9(2)8-18-3)10-7-11(19-4)13(15)16-12(10)14/h5,7,9H,1,6,8H2,2-4H3/t9-/m0/s1. The molecule has 0 saturated carbocycles. The van der Waals surface area contributed by atoms with Gasteiger partial charge in [-0.1, -0.05) is 29.3 Å². The Kier molecular flexibility index (Phi) is 6.42. The maximum absolute atomic E-state index is 6.17. The van der Waals surface area contributed by atoms with E-state index in [1.54, 1.807) is 19.3 Å². The molecule has 106 valence electrons. The number of rotatable bonds is 7. The first-order valence-corrected chi connectivity index (χ1v) is 6.57. The molecule has 6 heteroatoms. The molecule has 0 aliphatic heterocycles. The van der Waals surface area contributed by atoms with Crippen molar-refractivity contribution in [3.8, 4) is 5.75 Å². The average Bonchev–Trinajstić information content (AvgIpc) is 2.37. The van der Waals surface area contributed by atoms with Gasteiger partial charge in [-0.05, 0) is 6.92 Å². The Morgan fingerprint density at radius 3 is 2.63 bits per heavy atom. The zero-order valence-electron chi connectivity index (χ0n) is 11.3. The van der Waals surface area contributed by atoms with E-state index in [0.717, 1.165) is 5.69 Å². The third kappa shape index (κ3) is 4.00. The molecule has 0 saturated heterocycles.